The molecule has 0 aliphatic carbocycles. The maximum atomic E-state index is 12.0. The molecule has 1 aliphatic rings. The highest BCUT2D eigenvalue weighted by Gasteiger charge is 2.41. The SMILES string of the molecule is O=C(NCCN1CCC(Cc2ccccc2)(C(=O)O)CC1)OCc1ccccc1. The van der Waals surface area contributed by atoms with Crippen LogP contribution in [-0.2, 0) is 22.6 Å². The molecule has 154 valence electrons. The fourth-order valence-electron chi connectivity index (χ4n) is 3.75. The Balaban J connectivity index is 1.39. The van der Waals surface area contributed by atoms with Crippen molar-refractivity contribution in [1.82, 2.24) is 10.2 Å². The summed E-state index contributed by atoms with van der Waals surface area (Å²) in [6.07, 6.45) is 1.33. The number of benzene rings is 2. The molecule has 3 rings (SSSR count). The van der Waals surface area contributed by atoms with Gasteiger partial charge in [0.1, 0.15) is 6.61 Å². The third-order valence-corrected chi connectivity index (χ3v) is 5.56. The first-order chi connectivity index (χ1) is 14.1. The van der Waals surface area contributed by atoms with Gasteiger partial charge in [-0.15, -0.1) is 0 Å². The Morgan fingerprint density at radius 3 is 2.14 bits per heavy atom. The summed E-state index contributed by atoms with van der Waals surface area (Å²) >= 11 is 0. The molecule has 0 radical (unpaired) electrons. The first-order valence-electron chi connectivity index (χ1n) is 10.0. The lowest BCUT2D eigenvalue weighted by atomic mass is 9.74. The van der Waals surface area contributed by atoms with E-state index in [9.17, 15) is 14.7 Å². The van der Waals surface area contributed by atoms with Gasteiger partial charge in [0.2, 0.25) is 0 Å². The molecule has 0 saturated carbocycles. The monoisotopic (exact) mass is 396 g/mol. The van der Waals surface area contributed by atoms with Crippen LogP contribution in [0.4, 0.5) is 4.79 Å². The maximum Gasteiger partial charge on any atom is 0.407 e. The van der Waals surface area contributed by atoms with Crippen molar-refractivity contribution in [2.24, 2.45) is 5.41 Å². The highest BCUT2D eigenvalue weighted by Crippen LogP contribution is 2.35. The number of carboxylic acid groups (broad SMARTS) is 1. The molecule has 1 amide bonds. The van der Waals surface area contributed by atoms with Gasteiger partial charge in [-0.05, 0) is 43.5 Å². The number of amides is 1. The van der Waals surface area contributed by atoms with Gasteiger partial charge in [-0.3, -0.25) is 4.79 Å². The van der Waals surface area contributed by atoms with E-state index in [0.717, 1.165) is 11.1 Å². The molecule has 1 heterocycles. The van der Waals surface area contributed by atoms with E-state index in [0.29, 0.717) is 45.4 Å². The predicted octanol–water partition coefficient (Wildman–Crippen LogP) is 3.32. The van der Waals surface area contributed by atoms with Crippen LogP contribution in [0.2, 0.25) is 0 Å². The van der Waals surface area contributed by atoms with E-state index in [-0.39, 0.29) is 6.61 Å². The lowest BCUT2D eigenvalue weighted by Gasteiger charge is -2.39. The normalized spacial score (nSPS) is 16.1. The summed E-state index contributed by atoms with van der Waals surface area (Å²) in [7, 11) is 0. The molecule has 2 aromatic rings. The van der Waals surface area contributed by atoms with Gasteiger partial charge in [0.25, 0.3) is 0 Å². The van der Waals surface area contributed by atoms with E-state index in [2.05, 4.69) is 10.2 Å². The predicted molar refractivity (Wildman–Crippen MR) is 111 cm³/mol. The van der Waals surface area contributed by atoms with Crippen molar-refractivity contribution in [1.29, 1.82) is 0 Å². The van der Waals surface area contributed by atoms with E-state index in [1.54, 1.807) is 0 Å². The van der Waals surface area contributed by atoms with Gasteiger partial charge in [0, 0.05) is 13.1 Å². The zero-order valence-electron chi connectivity index (χ0n) is 16.5. The number of alkyl carbamates (subject to hydrolysis) is 1. The largest absolute Gasteiger partial charge is 0.481 e. The highest BCUT2D eigenvalue weighted by molar-refractivity contribution is 5.75. The third-order valence-electron chi connectivity index (χ3n) is 5.56. The van der Waals surface area contributed by atoms with Crippen LogP contribution in [0.3, 0.4) is 0 Å². The van der Waals surface area contributed by atoms with Gasteiger partial charge in [-0.1, -0.05) is 60.7 Å². The number of carboxylic acids is 1. The van der Waals surface area contributed by atoms with Crippen LogP contribution >= 0.6 is 0 Å². The first-order valence-corrected chi connectivity index (χ1v) is 10.0. The lowest BCUT2D eigenvalue weighted by molar-refractivity contribution is -0.152. The van der Waals surface area contributed by atoms with Gasteiger partial charge >= 0.3 is 12.1 Å². The Labute approximate surface area is 171 Å². The smallest absolute Gasteiger partial charge is 0.407 e. The van der Waals surface area contributed by atoms with Crippen LogP contribution in [0.5, 0.6) is 0 Å². The molecule has 0 atom stereocenters. The molecular weight excluding hydrogens is 368 g/mol. The van der Waals surface area contributed by atoms with Crippen molar-refractivity contribution in [3.05, 3.63) is 71.8 Å². The van der Waals surface area contributed by atoms with Crippen LogP contribution in [0.25, 0.3) is 0 Å². The minimum atomic E-state index is -0.719. The molecule has 2 N–H and O–H groups in total. The maximum absolute atomic E-state index is 12.0. The Kier molecular flexibility index (Phi) is 7.25. The summed E-state index contributed by atoms with van der Waals surface area (Å²) in [4.78, 5) is 26.0. The van der Waals surface area contributed by atoms with Crippen molar-refractivity contribution in [2.75, 3.05) is 26.2 Å². The number of aliphatic carboxylic acids is 1. The molecule has 29 heavy (non-hydrogen) atoms. The molecule has 0 spiro atoms. The minimum Gasteiger partial charge on any atom is -0.481 e. The number of nitrogens with zero attached hydrogens (tertiary/aromatic N) is 1. The van der Waals surface area contributed by atoms with Gasteiger partial charge in [-0.2, -0.15) is 0 Å². The molecule has 6 nitrogen and oxygen atoms in total. The van der Waals surface area contributed by atoms with Crippen LogP contribution in [0.1, 0.15) is 24.0 Å². The fourth-order valence-corrected chi connectivity index (χ4v) is 3.75. The van der Waals surface area contributed by atoms with Gasteiger partial charge in [0.15, 0.2) is 0 Å². The lowest BCUT2D eigenvalue weighted by Crippen LogP contribution is -2.47. The molecule has 0 bridgehead atoms. The first kappa shape index (κ1) is 20.9. The van der Waals surface area contributed by atoms with E-state index in [1.807, 2.05) is 60.7 Å². The summed E-state index contributed by atoms with van der Waals surface area (Å²) in [6, 6.07) is 19.4. The van der Waals surface area contributed by atoms with E-state index in [4.69, 9.17) is 4.74 Å². The number of hydrogen-bond acceptors (Lipinski definition) is 4. The molecule has 0 unspecified atom stereocenters. The minimum absolute atomic E-state index is 0.247. The standard InChI is InChI=1S/C23H28N2O4/c26-21(27)23(17-19-7-3-1-4-8-19)11-14-25(15-12-23)16-13-24-22(28)29-18-20-9-5-2-6-10-20/h1-10H,11-18H2,(H,24,28)(H,26,27). The Hall–Kier alpha value is -2.86. The van der Waals surface area contributed by atoms with Crippen molar-refractivity contribution >= 4 is 12.1 Å². The van der Waals surface area contributed by atoms with E-state index in [1.165, 1.54) is 0 Å². The third kappa shape index (κ3) is 6.06. The Morgan fingerprint density at radius 1 is 0.966 bits per heavy atom. The number of carbonyl (C=O) groups is 2. The second-order valence-electron chi connectivity index (χ2n) is 7.58. The quantitative estimate of drug-likeness (QED) is 0.716. The summed E-state index contributed by atoms with van der Waals surface area (Å²) in [5, 5.41) is 12.6. The van der Waals surface area contributed by atoms with Gasteiger partial charge in [0.05, 0.1) is 5.41 Å². The molecule has 1 fully saturated rings. The Morgan fingerprint density at radius 2 is 1.55 bits per heavy atom. The summed E-state index contributed by atoms with van der Waals surface area (Å²) in [5.74, 6) is -0.719. The average Bonchev–Trinajstić information content (AvgIpc) is 2.75. The number of hydrogen-bond donors (Lipinski definition) is 2. The number of nitrogens with one attached hydrogen (secondary N) is 1. The zero-order chi connectivity index (χ0) is 20.5. The van der Waals surface area contributed by atoms with E-state index >= 15 is 0 Å². The summed E-state index contributed by atoms with van der Waals surface area (Å²) < 4.78 is 5.20. The zero-order valence-corrected chi connectivity index (χ0v) is 16.5. The fraction of sp³-hybridized carbons (Fsp3) is 0.391. The second kappa shape index (κ2) is 10.1. The summed E-state index contributed by atoms with van der Waals surface area (Å²) in [6.45, 7) is 2.82. The number of carbonyl (C=O) groups excluding carboxylic acids is 1. The number of ether oxygens (including phenoxy) is 1. The van der Waals surface area contributed by atoms with Crippen LogP contribution in [0, 0.1) is 5.41 Å². The molecule has 1 saturated heterocycles. The van der Waals surface area contributed by atoms with Crippen LogP contribution in [0.15, 0.2) is 60.7 Å². The van der Waals surface area contributed by atoms with E-state index < -0.39 is 17.5 Å². The Bertz CT molecular complexity index is 787. The average molecular weight is 396 g/mol. The molecule has 6 heteroatoms. The molecule has 1 aliphatic heterocycles. The van der Waals surface area contributed by atoms with Crippen molar-refractivity contribution in [3.8, 4) is 0 Å². The van der Waals surface area contributed by atoms with Gasteiger partial charge in [-0.25, -0.2) is 4.79 Å². The second-order valence-corrected chi connectivity index (χ2v) is 7.58. The van der Waals surface area contributed by atoms with Crippen LogP contribution in [-0.4, -0.2) is 48.2 Å². The summed E-state index contributed by atoms with van der Waals surface area (Å²) in [5.41, 5.74) is 1.30. The highest BCUT2D eigenvalue weighted by atomic mass is 16.5. The molecular formula is C23H28N2O4. The molecule has 2 aromatic carbocycles. The van der Waals surface area contributed by atoms with Gasteiger partial charge < -0.3 is 20.1 Å². The van der Waals surface area contributed by atoms with Crippen molar-refractivity contribution in [2.45, 2.75) is 25.9 Å². The molecule has 0 aromatic heterocycles. The number of piperidine rings is 1. The van der Waals surface area contributed by atoms with Crippen LogP contribution < -0.4 is 5.32 Å². The van der Waals surface area contributed by atoms with Crippen molar-refractivity contribution < 1.29 is 19.4 Å². The van der Waals surface area contributed by atoms with Crippen molar-refractivity contribution in [3.63, 3.8) is 0 Å². The topological polar surface area (TPSA) is 78.9 Å². The number of likely N-dealkylation sites (tertiary alicyclic amines) is 1. The number of rotatable bonds is 8.